The van der Waals surface area contributed by atoms with Crippen molar-refractivity contribution in [1.82, 2.24) is 73.7 Å². The molecule has 1 fully saturated rings. The number of unbranched alkanes of at least 4 members (excludes halogenated alkanes) is 1. The maximum atomic E-state index is 15.5. The van der Waals surface area contributed by atoms with Gasteiger partial charge in [-0.3, -0.25) is 67.1 Å². The molecule has 1 aliphatic heterocycles. The van der Waals surface area contributed by atoms with Gasteiger partial charge in [0.1, 0.15) is 72.3 Å². The molecule has 0 spiro atoms. The Balaban J connectivity index is 1.34. The molecule has 14 amide bonds. The van der Waals surface area contributed by atoms with E-state index < -0.39 is 223 Å². The third-order valence-corrected chi connectivity index (χ3v) is 20.8. The Kier molecular flexibility index (Phi) is 36.3. The molecule has 2 heterocycles. The number of aliphatic hydroxyl groups excluding tert-OH is 3. The van der Waals surface area contributed by atoms with Crippen molar-refractivity contribution in [2.45, 2.75) is 163 Å². The van der Waals surface area contributed by atoms with Gasteiger partial charge in [0.15, 0.2) is 6.17 Å². The van der Waals surface area contributed by atoms with Crippen LogP contribution in [0.1, 0.15) is 74.9 Å². The number of carboxylic acid groups (broad SMARTS) is 1. The largest absolute Gasteiger partial charge is 0.480 e. The fourth-order valence-corrected chi connectivity index (χ4v) is 14.4. The van der Waals surface area contributed by atoms with E-state index in [1.54, 1.807) is 121 Å². The maximum Gasteiger partial charge on any atom is 0.327 e. The lowest BCUT2D eigenvalue weighted by Gasteiger charge is -2.30. The highest BCUT2D eigenvalue weighted by Crippen LogP contribution is 2.25. The van der Waals surface area contributed by atoms with Crippen molar-refractivity contribution >= 4 is 121 Å². The summed E-state index contributed by atoms with van der Waals surface area (Å²) < 4.78 is 15.9. The maximum absolute atomic E-state index is 15.5. The number of hydrogen-bond acceptors (Lipinski definition) is 22. The standard InChI is InChI=1S/C78H98FN17O19S2/c1-42(81)66(102)83-38-62(101)84-58-40-116-117-41-59(78(114)115)92-73(109)57(39-97)91-76(112)64(44(3)99)94-70(106)53(34-46-19-9-5-10-20-46)89-75(111)63(43(2)98)93-71(107)54(36-48-26-28-50(79)29-27-48)90-77(113)65(96-32-30-49-23-13-14-25-60(49)96)95-72(108)55(35-47-21-11-6-12-22-47)87-68(104)52(33-45-17-7-4-8-18-45)86-69(105)56(37-61(82)100)88-67(103)51(85-74(58)110)24-15-16-31-80/h4-14,17-23,25-30,32,42-44,51-59,63-65,97-99H,15-16,24,31,33-41,80-81H2,1-3H3,(H2,82,100)(H,83,102)(H,84,101)(H,85,110)(H,86,105)(H,87,104)(H,88,103)(H,89,111)(H,90,113)(H,91,112)(H,92,109)(H,93,107)(H,94,106)(H,95,108)(H,114,115)/t42-,43?,44?,51-,52-,53-,54-,55-,56-,57-,58-,59-,63+,64-,65+/m0/s1. The zero-order valence-corrected chi connectivity index (χ0v) is 65.7. The normalized spacial score (nSPS) is 23.5. The number of aliphatic carboxylic acids is 1. The molecule has 1 aliphatic rings. The Morgan fingerprint density at radius 1 is 0.496 bits per heavy atom. The number of amides is 14. The topological polar surface area (TPSA) is 576 Å². The van der Waals surface area contributed by atoms with Crippen LogP contribution in [0.2, 0.25) is 0 Å². The molecule has 36 nitrogen and oxygen atoms in total. The lowest BCUT2D eigenvalue weighted by atomic mass is 10.0. The SMILES string of the molecule is CC(O)[C@@H]1NC(=O)[C@H](Cc2ccccc2)NC(=O)[C@@H](C(C)O)NC(=O)[C@H](Cc2ccc(F)cc2)NC(=O)[C@@H](n2ccc3ccccc32)NC(=O)[C@H](Cc2ccccc2)NC(=O)[C@H](Cc2ccccc2)NC(=O)[C@H](CC(N)=O)NC(=O)[C@H](CCCCN)NC(=O)[C@@H](NC(=O)CNC(=O)[C@H](C)N)CSSC[C@@H](C(=O)O)NC(=O)[C@H](CO)NC1=O. The number of carbonyl (C=O) groups is 15. The van der Waals surface area contributed by atoms with Gasteiger partial charge in [0.2, 0.25) is 76.8 Å². The Morgan fingerprint density at radius 3 is 1.40 bits per heavy atom. The summed E-state index contributed by atoms with van der Waals surface area (Å²) in [5, 5.41) is 75.8. The number of aliphatic hydroxyl groups is 3. The van der Waals surface area contributed by atoms with Gasteiger partial charge in [-0.15, -0.1) is 0 Å². The third kappa shape index (κ3) is 29.1. The molecule has 0 aliphatic carbocycles. The second kappa shape index (κ2) is 46.0. The number of primary amides is 1. The first-order valence-corrected chi connectivity index (χ1v) is 39.8. The average molecular weight is 1660 g/mol. The second-order valence-electron chi connectivity index (χ2n) is 27.7. The molecule has 39 heteroatoms. The number of aromatic nitrogens is 1. The summed E-state index contributed by atoms with van der Waals surface area (Å²) in [5.74, 6) is -19.1. The Hall–Kier alpha value is -11.9. The van der Waals surface area contributed by atoms with Gasteiger partial charge < -0.3 is 111 Å². The van der Waals surface area contributed by atoms with Crippen molar-refractivity contribution < 1.29 is 96.7 Å². The Bertz CT molecular complexity index is 4440. The van der Waals surface area contributed by atoms with Gasteiger partial charge in [-0.1, -0.05) is 143 Å². The summed E-state index contributed by atoms with van der Waals surface area (Å²) in [6.45, 7) is 1.65. The number of benzene rings is 5. The zero-order chi connectivity index (χ0) is 85.4. The predicted molar refractivity (Wildman–Crippen MR) is 427 cm³/mol. The van der Waals surface area contributed by atoms with Crippen LogP contribution in [0.4, 0.5) is 4.39 Å². The van der Waals surface area contributed by atoms with E-state index >= 15 is 19.2 Å². The van der Waals surface area contributed by atoms with Crippen LogP contribution in [0.5, 0.6) is 0 Å². The molecular weight excluding hydrogens is 1560 g/mol. The number of halogens is 1. The number of para-hydroxylation sites is 1. The van der Waals surface area contributed by atoms with Gasteiger partial charge in [-0.25, -0.2) is 9.18 Å². The Labute approximate surface area is 679 Å². The predicted octanol–water partition coefficient (Wildman–Crippen LogP) is -3.60. The summed E-state index contributed by atoms with van der Waals surface area (Å²) in [5.41, 5.74) is 19.1. The quantitative estimate of drug-likeness (QED) is 0.0218. The summed E-state index contributed by atoms with van der Waals surface area (Å²) in [6.07, 6.45) is -6.31. The molecule has 5 aromatic carbocycles. The summed E-state index contributed by atoms with van der Waals surface area (Å²) in [6, 6.07) is 16.2. The lowest BCUT2D eigenvalue weighted by Crippen LogP contribution is -2.63. The van der Waals surface area contributed by atoms with E-state index in [1.165, 1.54) is 29.8 Å². The first-order chi connectivity index (χ1) is 55.8. The molecule has 7 rings (SSSR count). The number of hydrogen-bond donors (Lipinski definition) is 20. The van der Waals surface area contributed by atoms with Crippen molar-refractivity contribution in [2.24, 2.45) is 17.2 Å². The fourth-order valence-electron chi connectivity index (χ4n) is 12.1. The lowest BCUT2D eigenvalue weighted by molar-refractivity contribution is -0.142. The van der Waals surface area contributed by atoms with E-state index in [0.717, 1.165) is 47.6 Å². The third-order valence-electron chi connectivity index (χ3n) is 18.4. The number of nitrogens with two attached hydrogens (primary N) is 3. The van der Waals surface area contributed by atoms with Gasteiger partial charge in [-0.2, -0.15) is 0 Å². The van der Waals surface area contributed by atoms with Gasteiger partial charge in [0.05, 0.1) is 43.3 Å². The average Bonchev–Trinajstić information content (AvgIpc) is 1.71. The summed E-state index contributed by atoms with van der Waals surface area (Å²) >= 11 is 0. The minimum atomic E-state index is -2.02. The van der Waals surface area contributed by atoms with Crippen LogP contribution in [-0.2, 0) is 97.6 Å². The molecule has 0 bridgehead atoms. The van der Waals surface area contributed by atoms with E-state index in [4.69, 9.17) is 17.2 Å². The molecule has 628 valence electrons. The highest BCUT2D eigenvalue weighted by atomic mass is 33.1. The Morgan fingerprint density at radius 2 is 0.915 bits per heavy atom. The van der Waals surface area contributed by atoms with E-state index in [-0.39, 0.29) is 50.6 Å². The van der Waals surface area contributed by atoms with Gasteiger partial charge in [0, 0.05) is 43.4 Å². The molecule has 15 atom stereocenters. The van der Waals surface area contributed by atoms with Crippen LogP contribution in [0.15, 0.2) is 152 Å². The number of nitrogens with zero attached hydrogens (tertiary/aromatic N) is 1. The van der Waals surface area contributed by atoms with Crippen LogP contribution < -0.4 is 86.3 Å². The first kappa shape index (κ1) is 92.3. The minimum absolute atomic E-state index is 0.0934. The van der Waals surface area contributed by atoms with Crippen LogP contribution in [-0.4, -0.2) is 230 Å². The van der Waals surface area contributed by atoms with Crippen LogP contribution in [0.3, 0.4) is 0 Å². The van der Waals surface area contributed by atoms with Gasteiger partial charge >= 0.3 is 5.97 Å². The van der Waals surface area contributed by atoms with E-state index in [2.05, 4.69) is 69.1 Å². The van der Waals surface area contributed by atoms with Crippen LogP contribution in [0, 0.1) is 5.82 Å². The molecular formula is C78H98FN17O19S2. The van der Waals surface area contributed by atoms with Crippen molar-refractivity contribution in [1.29, 1.82) is 0 Å². The monoisotopic (exact) mass is 1660 g/mol. The van der Waals surface area contributed by atoms with E-state index in [0.29, 0.717) is 27.6 Å². The zero-order valence-electron chi connectivity index (χ0n) is 64.1. The number of nitrogens with one attached hydrogen (secondary N) is 13. The van der Waals surface area contributed by atoms with Crippen molar-refractivity contribution in [3.05, 3.63) is 180 Å². The smallest absolute Gasteiger partial charge is 0.327 e. The van der Waals surface area contributed by atoms with Crippen molar-refractivity contribution in [3.63, 3.8) is 0 Å². The van der Waals surface area contributed by atoms with Crippen molar-refractivity contribution in [3.8, 4) is 0 Å². The van der Waals surface area contributed by atoms with Crippen LogP contribution in [0.25, 0.3) is 10.9 Å². The molecule has 1 aromatic heterocycles. The van der Waals surface area contributed by atoms with E-state index in [1.807, 2.05) is 0 Å². The highest BCUT2D eigenvalue weighted by molar-refractivity contribution is 8.76. The molecule has 117 heavy (non-hydrogen) atoms. The second-order valence-corrected chi connectivity index (χ2v) is 30.3. The molecule has 0 radical (unpaired) electrons. The van der Waals surface area contributed by atoms with Crippen LogP contribution >= 0.6 is 21.6 Å². The first-order valence-electron chi connectivity index (χ1n) is 37.3. The summed E-state index contributed by atoms with van der Waals surface area (Å²) in [4.78, 5) is 215. The highest BCUT2D eigenvalue weighted by Gasteiger charge is 2.40. The fraction of sp³-hybridized carbons (Fsp3) is 0.397. The number of carbonyl (C=O) groups excluding carboxylic acids is 14. The summed E-state index contributed by atoms with van der Waals surface area (Å²) in [7, 11) is 1.47. The van der Waals surface area contributed by atoms with Gasteiger partial charge in [0.25, 0.3) is 5.91 Å². The molecule has 6 aromatic rings. The number of rotatable bonds is 23. The van der Waals surface area contributed by atoms with Crippen molar-refractivity contribution in [2.75, 3.05) is 31.2 Å². The van der Waals surface area contributed by atoms with Gasteiger partial charge in [-0.05, 0) is 98.5 Å². The number of carboxylic acids is 1. The molecule has 23 N–H and O–H groups in total. The molecule has 2 unspecified atom stereocenters. The number of fused-ring (bicyclic) bond motifs is 1. The molecule has 0 saturated carbocycles. The minimum Gasteiger partial charge on any atom is -0.480 e. The molecule has 1 saturated heterocycles. The van der Waals surface area contributed by atoms with E-state index in [9.17, 15) is 77.6 Å².